The molecule has 0 aliphatic carbocycles. The molecule has 7 nitrogen and oxygen atoms in total. The largest absolute Gasteiger partial charge is 0.381 e. The Morgan fingerprint density at radius 1 is 1.43 bits per heavy atom. The Morgan fingerprint density at radius 3 is 2.86 bits per heavy atom. The van der Waals surface area contributed by atoms with E-state index in [0.717, 1.165) is 29.5 Å². The molecular formula is C13H17N7S. The number of nitrogen functional groups attached to an aromatic ring is 1. The lowest BCUT2D eigenvalue weighted by Crippen LogP contribution is -2.20. The van der Waals surface area contributed by atoms with Gasteiger partial charge in [0.25, 0.3) is 0 Å². The molecule has 0 aliphatic rings. The minimum Gasteiger partial charge on any atom is -0.381 e. The van der Waals surface area contributed by atoms with Crippen LogP contribution in [-0.4, -0.2) is 40.2 Å². The predicted molar refractivity (Wildman–Crippen MR) is 83.1 cm³/mol. The molecule has 0 aromatic carbocycles. The Hall–Kier alpha value is -2.27. The van der Waals surface area contributed by atoms with Gasteiger partial charge in [-0.3, -0.25) is 5.10 Å². The van der Waals surface area contributed by atoms with Gasteiger partial charge in [0.2, 0.25) is 0 Å². The molecule has 21 heavy (non-hydrogen) atoms. The second-order valence-electron chi connectivity index (χ2n) is 4.53. The van der Waals surface area contributed by atoms with Gasteiger partial charge < -0.3 is 10.6 Å². The van der Waals surface area contributed by atoms with Crippen LogP contribution in [0.1, 0.15) is 17.7 Å². The minimum absolute atomic E-state index is 0.263. The number of nitrogens with two attached hydrogens (primary N) is 1. The Kier molecular flexibility index (Phi) is 5.00. The van der Waals surface area contributed by atoms with Crippen molar-refractivity contribution in [2.24, 2.45) is 0 Å². The standard InChI is InChI=1S/C13H17N7S/c1-20(11-5-6-12(21-2)18-17-11)7-3-4-10-9(8-14)13(15)19-16-10/h5-6H,3-4,7H2,1-2H3,(H3,15,16,19). The number of aromatic amines is 1. The zero-order chi connectivity index (χ0) is 15.2. The van der Waals surface area contributed by atoms with Crippen LogP contribution in [0.4, 0.5) is 11.6 Å². The lowest BCUT2D eigenvalue weighted by molar-refractivity contribution is 0.748. The molecule has 2 aromatic heterocycles. The molecule has 2 heterocycles. The van der Waals surface area contributed by atoms with Crippen molar-refractivity contribution in [3.63, 3.8) is 0 Å². The number of hydrogen-bond acceptors (Lipinski definition) is 7. The topological polar surface area (TPSA) is 108 Å². The molecule has 0 aliphatic heterocycles. The highest BCUT2D eigenvalue weighted by atomic mass is 32.2. The number of nitriles is 1. The van der Waals surface area contributed by atoms with E-state index in [4.69, 9.17) is 11.0 Å². The summed E-state index contributed by atoms with van der Waals surface area (Å²) in [6.45, 7) is 0.803. The third-order valence-electron chi connectivity index (χ3n) is 3.13. The lowest BCUT2D eigenvalue weighted by atomic mass is 10.1. The van der Waals surface area contributed by atoms with E-state index in [9.17, 15) is 0 Å². The summed E-state index contributed by atoms with van der Waals surface area (Å²) in [6.07, 6.45) is 3.54. The summed E-state index contributed by atoms with van der Waals surface area (Å²) in [5.41, 5.74) is 6.84. The second-order valence-corrected chi connectivity index (χ2v) is 5.36. The maximum absolute atomic E-state index is 9.00. The molecule has 3 N–H and O–H groups in total. The maximum Gasteiger partial charge on any atom is 0.163 e. The second kappa shape index (κ2) is 6.95. The van der Waals surface area contributed by atoms with Gasteiger partial charge in [-0.15, -0.1) is 22.0 Å². The van der Waals surface area contributed by atoms with Crippen LogP contribution in [0, 0.1) is 11.3 Å². The lowest BCUT2D eigenvalue weighted by Gasteiger charge is -2.17. The summed E-state index contributed by atoms with van der Waals surface area (Å²) in [4.78, 5) is 2.03. The Labute approximate surface area is 127 Å². The van der Waals surface area contributed by atoms with Crippen molar-refractivity contribution in [3.8, 4) is 6.07 Å². The van der Waals surface area contributed by atoms with Gasteiger partial charge in [0.1, 0.15) is 16.7 Å². The van der Waals surface area contributed by atoms with Crippen molar-refractivity contribution in [2.75, 3.05) is 30.5 Å². The van der Waals surface area contributed by atoms with E-state index in [-0.39, 0.29) is 5.82 Å². The normalized spacial score (nSPS) is 10.3. The molecule has 0 saturated carbocycles. The van der Waals surface area contributed by atoms with Gasteiger partial charge in [-0.25, -0.2) is 0 Å². The first-order valence-corrected chi connectivity index (χ1v) is 7.70. The number of anilines is 2. The molecule has 110 valence electrons. The first-order chi connectivity index (χ1) is 10.2. The van der Waals surface area contributed by atoms with Crippen LogP contribution in [-0.2, 0) is 6.42 Å². The van der Waals surface area contributed by atoms with Crippen molar-refractivity contribution in [2.45, 2.75) is 17.9 Å². The van der Waals surface area contributed by atoms with Gasteiger partial charge in [-0.1, -0.05) is 0 Å². The maximum atomic E-state index is 9.00. The molecular weight excluding hydrogens is 286 g/mol. The number of nitrogens with one attached hydrogen (secondary N) is 1. The number of nitrogens with zero attached hydrogens (tertiary/aromatic N) is 5. The molecule has 0 saturated heterocycles. The fraction of sp³-hybridized carbons (Fsp3) is 0.385. The fourth-order valence-electron chi connectivity index (χ4n) is 1.93. The van der Waals surface area contributed by atoms with E-state index >= 15 is 0 Å². The van der Waals surface area contributed by atoms with Crippen LogP contribution in [0.3, 0.4) is 0 Å². The molecule has 0 bridgehead atoms. The van der Waals surface area contributed by atoms with E-state index in [1.807, 2.05) is 30.3 Å². The average Bonchev–Trinajstić information content (AvgIpc) is 2.87. The van der Waals surface area contributed by atoms with Gasteiger partial charge in [-0.2, -0.15) is 10.4 Å². The van der Waals surface area contributed by atoms with Crippen molar-refractivity contribution in [1.29, 1.82) is 5.26 Å². The van der Waals surface area contributed by atoms with Crippen LogP contribution in [0.2, 0.25) is 0 Å². The summed E-state index contributed by atoms with van der Waals surface area (Å²) in [5, 5.41) is 24.9. The smallest absolute Gasteiger partial charge is 0.163 e. The molecule has 0 amide bonds. The number of rotatable bonds is 6. The monoisotopic (exact) mass is 303 g/mol. The van der Waals surface area contributed by atoms with Crippen molar-refractivity contribution in [1.82, 2.24) is 20.4 Å². The zero-order valence-electron chi connectivity index (χ0n) is 12.0. The van der Waals surface area contributed by atoms with E-state index in [1.165, 1.54) is 0 Å². The third-order valence-corrected chi connectivity index (χ3v) is 3.76. The van der Waals surface area contributed by atoms with Gasteiger partial charge in [0.05, 0.1) is 5.69 Å². The van der Waals surface area contributed by atoms with Crippen molar-refractivity contribution in [3.05, 3.63) is 23.4 Å². The fourth-order valence-corrected chi connectivity index (χ4v) is 2.26. The highest BCUT2D eigenvalue weighted by Gasteiger charge is 2.10. The average molecular weight is 303 g/mol. The van der Waals surface area contributed by atoms with Gasteiger partial charge in [0.15, 0.2) is 11.6 Å². The number of aryl methyl sites for hydroxylation is 1. The van der Waals surface area contributed by atoms with E-state index in [2.05, 4.69) is 26.5 Å². The highest BCUT2D eigenvalue weighted by Crippen LogP contribution is 2.16. The number of aromatic nitrogens is 4. The van der Waals surface area contributed by atoms with Crippen molar-refractivity contribution < 1.29 is 0 Å². The van der Waals surface area contributed by atoms with Crippen LogP contribution in [0.15, 0.2) is 17.2 Å². The molecule has 2 rings (SSSR count). The Morgan fingerprint density at radius 2 is 2.24 bits per heavy atom. The molecule has 0 unspecified atom stereocenters. The van der Waals surface area contributed by atoms with Crippen LogP contribution in [0.25, 0.3) is 0 Å². The Balaban J connectivity index is 1.89. The quantitative estimate of drug-likeness (QED) is 0.777. The van der Waals surface area contributed by atoms with Crippen LogP contribution >= 0.6 is 11.8 Å². The Bertz CT molecular complexity index is 629. The van der Waals surface area contributed by atoms with E-state index in [0.29, 0.717) is 12.0 Å². The summed E-state index contributed by atoms with van der Waals surface area (Å²) in [6, 6.07) is 5.97. The number of H-pyrrole nitrogens is 1. The third kappa shape index (κ3) is 3.64. The first-order valence-electron chi connectivity index (χ1n) is 6.47. The summed E-state index contributed by atoms with van der Waals surface area (Å²) < 4.78 is 0. The van der Waals surface area contributed by atoms with Crippen LogP contribution < -0.4 is 10.6 Å². The van der Waals surface area contributed by atoms with Gasteiger partial charge in [0, 0.05) is 13.6 Å². The number of hydrogen-bond donors (Lipinski definition) is 2. The van der Waals surface area contributed by atoms with E-state index < -0.39 is 0 Å². The highest BCUT2D eigenvalue weighted by molar-refractivity contribution is 7.98. The minimum atomic E-state index is 0.263. The molecule has 0 radical (unpaired) electrons. The zero-order valence-corrected chi connectivity index (χ0v) is 12.8. The van der Waals surface area contributed by atoms with E-state index in [1.54, 1.807) is 11.8 Å². The summed E-state index contributed by atoms with van der Waals surface area (Å²) in [7, 11) is 1.97. The predicted octanol–water partition coefficient (Wildman–Crippen LogP) is 1.44. The first kappa shape index (κ1) is 15.1. The summed E-state index contributed by atoms with van der Waals surface area (Å²) >= 11 is 1.57. The molecule has 0 spiro atoms. The van der Waals surface area contributed by atoms with Crippen molar-refractivity contribution >= 4 is 23.4 Å². The van der Waals surface area contributed by atoms with Crippen LogP contribution in [0.5, 0.6) is 0 Å². The summed E-state index contributed by atoms with van der Waals surface area (Å²) in [5.74, 6) is 1.09. The molecule has 0 fully saturated rings. The molecule has 8 heteroatoms. The SMILES string of the molecule is CSc1ccc(N(C)CCCc2[nH]nc(N)c2C#N)nn1. The molecule has 0 atom stereocenters. The number of thioether (sulfide) groups is 1. The van der Waals surface area contributed by atoms with Gasteiger partial charge >= 0.3 is 0 Å². The molecule has 2 aromatic rings. The van der Waals surface area contributed by atoms with Gasteiger partial charge in [-0.05, 0) is 31.2 Å².